The van der Waals surface area contributed by atoms with E-state index in [-0.39, 0.29) is 11.3 Å². The highest BCUT2D eigenvalue weighted by Gasteiger charge is 2.20. The van der Waals surface area contributed by atoms with Gasteiger partial charge < -0.3 is 24.3 Å². The fourth-order valence-corrected chi connectivity index (χ4v) is 2.42. The summed E-state index contributed by atoms with van der Waals surface area (Å²) >= 11 is 0. The minimum atomic E-state index is -0.609. The molecular weight excluding hydrogens is 338 g/mol. The summed E-state index contributed by atoms with van der Waals surface area (Å²) in [5, 5.41) is 2.71. The zero-order valence-electron chi connectivity index (χ0n) is 15.3. The average molecular weight is 359 g/mol. The molecule has 2 aromatic rings. The summed E-state index contributed by atoms with van der Waals surface area (Å²) in [5.41, 5.74) is 1.69. The highest BCUT2D eigenvalue weighted by atomic mass is 16.5. The first-order chi connectivity index (χ1) is 12.4. The molecular formula is C19H21NO6. The van der Waals surface area contributed by atoms with Crippen molar-refractivity contribution < 1.29 is 28.5 Å². The lowest BCUT2D eigenvalue weighted by Gasteiger charge is -2.15. The van der Waals surface area contributed by atoms with Gasteiger partial charge in [0.25, 0.3) is 5.91 Å². The molecule has 0 bridgehead atoms. The molecule has 0 radical (unpaired) electrons. The lowest BCUT2D eigenvalue weighted by atomic mass is 10.1. The molecule has 1 amide bonds. The van der Waals surface area contributed by atoms with Gasteiger partial charge in [0.05, 0.1) is 39.7 Å². The minimum absolute atomic E-state index is 0.151. The van der Waals surface area contributed by atoms with E-state index in [1.807, 2.05) is 6.92 Å². The van der Waals surface area contributed by atoms with Gasteiger partial charge in [-0.25, -0.2) is 4.79 Å². The summed E-state index contributed by atoms with van der Waals surface area (Å²) < 4.78 is 20.5. The Hall–Kier alpha value is -3.22. The van der Waals surface area contributed by atoms with Gasteiger partial charge in [-0.2, -0.15) is 0 Å². The highest BCUT2D eigenvalue weighted by Crippen LogP contribution is 2.34. The van der Waals surface area contributed by atoms with Crippen LogP contribution in [0.1, 0.15) is 26.3 Å². The Bertz CT molecular complexity index is 831. The van der Waals surface area contributed by atoms with E-state index in [0.717, 1.165) is 5.56 Å². The molecule has 0 atom stereocenters. The number of ether oxygens (including phenoxy) is 4. The Balaban J connectivity index is 2.43. The highest BCUT2D eigenvalue weighted by molar-refractivity contribution is 6.08. The van der Waals surface area contributed by atoms with Crippen LogP contribution in [0.5, 0.6) is 17.2 Å². The van der Waals surface area contributed by atoms with Crippen molar-refractivity contribution >= 4 is 17.6 Å². The predicted molar refractivity (Wildman–Crippen MR) is 96.6 cm³/mol. The van der Waals surface area contributed by atoms with E-state index < -0.39 is 11.9 Å². The molecule has 0 fully saturated rings. The number of anilines is 1. The van der Waals surface area contributed by atoms with Crippen LogP contribution in [0.2, 0.25) is 0 Å². The first-order valence-corrected chi connectivity index (χ1v) is 7.75. The Morgan fingerprint density at radius 1 is 0.846 bits per heavy atom. The van der Waals surface area contributed by atoms with Crippen molar-refractivity contribution in [3.63, 3.8) is 0 Å². The molecule has 138 valence electrons. The van der Waals surface area contributed by atoms with E-state index in [2.05, 4.69) is 5.32 Å². The molecule has 26 heavy (non-hydrogen) atoms. The lowest BCUT2D eigenvalue weighted by molar-refractivity contribution is 0.0601. The molecule has 7 heteroatoms. The van der Waals surface area contributed by atoms with Crippen LogP contribution < -0.4 is 19.5 Å². The van der Waals surface area contributed by atoms with Crippen molar-refractivity contribution in [1.82, 2.24) is 0 Å². The van der Waals surface area contributed by atoms with Crippen LogP contribution >= 0.6 is 0 Å². The van der Waals surface area contributed by atoms with E-state index in [9.17, 15) is 9.59 Å². The number of hydrogen-bond donors (Lipinski definition) is 1. The maximum atomic E-state index is 12.6. The van der Waals surface area contributed by atoms with Crippen LogP contribution in [-0.2, 0) is 4.74 Å². The van der Waals surface area contributed by atoms with Gasteiger partial charge >= 0.3 is 5.97 Å². The normalized spacial score (nSPS) is 10.0. The van der Waals surface area contributed by atoms with Crippen molar-refractivity contribution in [2.75, 3.05) is 33.8 Å². The first kappa shape index (κ1) is 19.1. The summed E-state index contributed by atoms with van der Waals surface area (Å²) in [4.78, 5) is 24.7. The zero-order chi connectivity index (χ0) is 19.3. The second kappa shape index (κ2) is 8.24. The van der Waals surface area contributed by atoms with Crippen molar-refractivity contribution in [1.29, 1.82) is 0 Å². The van der Waals surface area contributed by atoms with Crippen molar-refractivity contribution in [2.24, 2.45) is 0 Å². The molecule has 0 aliphatic heterocycles. The van der Waals surface area contributed by atoms with Crippen LogP contribution in [0, 0.1) is 6.92 Å². The molecule has 0 aliphatic rings. The van der Waals surface area contributed by atoms with Crippen molar-refractivity contribution in [2.45, 2.75) is 6.92 Å². The second-order valence-electron chi connectivity index (χ2n) is 5.38. The van der Waals surface area contributed by atoms with Crippen molar-refractivity contribution in [3.8, 4) is 17.2 Å². The van der Waals surface area contributed by atoms with E-state index >= 15 is 0 Å². The number of esters is 1. The summed E-state index contributed by atoms with van der Waals surface area (Å²) in [5.74, 6) is 0.307. The smallest absolute Gasteiger partial charge is 0.340 e. The molecule has 7 nitrogen and oxygen atoms in total. The molecule has 0 aromatic heterocycles. The molecule has 0 saturated carbocycles. The van der Waals surface area contributed by atoms with E-state index in [1.165, 1.54) is 40.6 Å². The summed E-state index contributed by atoms with van der Waals surface area (Å²) in [6.45, 7) is 1.88. The van der Waals surface area contributed by atoms with Gasteiger partial charge in [-0.1, -0.05) is 6.07 Å². The van der Waals surface area contributed by atoms with E-state index in [4.69, 9.17) is 18.9 Å². The SMILES string of the molecule is COC(=O)c1cc(OC)c(OC)cc1NC(=O)c1ccc(C)c(OC)c1. The standard InChI is InChI=1S/C19H21NO6/c1-11-6-7-12(8-15(11)23-2)18(21)20-14-10-17(25-4)16(24-3)9-13(14)19(22)26-5/h6-10H,1-5H3,(H,20,21). The number of methoxy groups -OCH3 is 4. The second-order valence-corrected chi connectivity index (χ2v) is 5.38. The maximum absolute atomic E-state index is 12.6. The topological polar surface area (TPSA) is 83.1 Å². The van der Waals surface area contributed by atoms with Gasteiger partial charge in [0.15, 0.2) is 11.5 Å². The predicted octanol–water partition coefficient (Wildman–Crippen LogP) is 3.06. The van der Waals surface area contributed by atoms with Gasteiger partial charge in [-0.15, -0.1) is 0 Å². The number of aryl methyl sites for hydroxylation is 1. The molecule has 0 saturated heterocycles. The van der Waals surface area contributed by atoms with E-state index in [0.29, 0.717) is 22.8 Å². The maximum Gasteiger partial charge on any atom is 0.340 e. The van der Waals surface area contributed by atoms with Crippen LogP contribution in [0.15, 0.2) is 30.3 Å². The fourth-order valence-electron chi connectivity index (χ4n) is 2.42. The Morgan fingerprint density at radius 2 is 1.46 bits per heavy atom. The average Bonchev–Trinajstić information content (AvgIpc) is 2.67. The van der Waals surface area contributed by atoms with Crippen LogP contribution in [-0.4, -0.2) is 40.3 Å². The number of amides is 1. The van der Waals surface area contributed by atoms with Gasteiger partial charge in [-0.3, -0.25) is 4.79 Å². The van der Waals surface area contributed by atoms with Crippen molar-refractivity contribution in [3.05, 3.63) is 47.0 Å². The zero-order valence-corrected chi connectivity index (χ0v) is 15.3. The Kier molecular flexibility index (Phi) is 6.06. The number of carbonyl (C=O) groups excluding carboxylic acids is 2. The first-order valence-electron chi connectivity index (χ1n) is 7.75. The summed E-state index contributed by atoms with van der Waals surface area (Å²) in [7, 11) is 5.71. The third-order valence-electron chi connectivity index (χ3n) is 3.85. The molecule has 2 aromatic carbocycles. The van der Waals surface area contributed by atoms with Crippen LogP contribution in [0.4, 0.5) is 5.69 Å². The number of benzene rings is 2. The quantitative estimate of drug-likeness (QED) is 0.798. The molecule has 0 heterocycles. The third-order valence-corrected chi connectivity index (χ3v) is 3.85. The summed E-state index contributed by atoms with van der Waals surface area (Å²) in [6, 6.07) is 8.04. The Labute approximate surface area is 151 Å². The Morgan fingerprint density at radius 3 is 2.04 bits per heavy atom. The summed E-state index contributed by atoms with van der Waals surface area (Å²) in [6.07, 6.45) is 0. The lowest BCUT2D eigenvalue weighted by Crippen LogP contribution is -2.16. The largest absolute Gasteiger partial charge is 0.496 e. The van der Waals surface area contributed by atoms with Crippen LogP contribution in [0.25, 0.3) is 0 Å². The molecule has 2 rings (SSSR count). The van der Waals surface area contributed by atoms with Gasteiger partial charge in [-0.05, 0) is 24.6 Å². The molecule has 0 spiro atoms. The molecule has 0 unspecified atom stereocenters. The minimum Gasteiger partial charge on any atom is -0.496 e. The number of hydrogen-bond acceptors (Lipinski definition) is 6. The monoisotopic (exact) mass is 359 g/mol. The van der Waals surface area contributed by atoms with Gasteiger partial charge in [0.1, 0.15) is 5.75 Å². The molecule has 0 aliphatic carbocycles. The number of nitrogens with one attached hydrogen (secondary N) is 1. The molecule has 1 N–H and O–H groups in total. The van der Waals surface area contributed by atoms with Crippen LogP contribution in [0.3, 0.4) is 0 Å². The van der Waals surface area contributed by atoms with Gasteiger partial charge in [0.2, 0.25) is 0 Å². The van der Waals surface area contributed by atoms with E-state index in [1.54, 1.807) is 18.2 Å². The van der Waals surface area contributed by atoms with Gasteiger partial charge in [0, 0.05) is 17.7 Å². The number of carbonyl (C=O) groups is 2. The fraction of sp³-hybridized carbons (Fsp3) is 0.263. The number of rotatable bonds is 6. The third kappa shape index (κ3) is 3.88.